The third kappa shape index (κ3) is 3.82. The Morgan fingerprint density at radius 1 is 1.43 bits per heavy atom. The van der Waals surface area contributed by atoms with Crippen LogP contribution >= 0.6 is 0 Å². The molecule has 0 unspecified atom stereocenters. The number of ether oxygens (including phenoxy) is 1. The van der Waals surface area contributed by atoms with Gasteiger partial charge in [0, 0.05) is 24.7 Å². The third-order valence-electron chi connectivity index (χ3n) is 3.47. The fraction of sp³-hybridized carbons (Fsp3) is 0.438. The van der Waals surface area contributed by atoms with Gasteiger partial charge in [0.2, 0.25) is 0 Å². The summed E-state index contributed by atoms with van der Waals surface area (Å²) in [6.07, 6.45) is 6.99. The predicted octanol–water partition coefficient (Wildman–Crippen LogP) is 3.48. The number of hydrogen-bond donors (Lipinski definition) is 1. The number of benzene rings is 1. The maximum absolute atomic E-state index is 13.4. The largest absolute Gasteiger partial charge is 0.454 e. The van der Waals surface area contributed by atoms with Crippen LogP contribution in [0.15, 0.2) is 30.6 Å². The molecule has 1 aliphatic carbocycles. The molecule has 1 heterocycles. The fourth-order valence-electron chi connectivity index (χ4n) is 2.20. The summed E-state index contributed by atoms with van der Waals surface area (Å²) in [7, 11) is 0. The van der Waals surface area contributed by atoms with Crippen molar-refractivity contribution < 1.29 is 9.13 Å². The van der Waals surface area contributed by atoms with Gasteiger partial charge in [-0.1, -0.05) is 6.92 Å². The Kier molecular flexibility index (Phi) is 4.20. The maximum atomic E-state index is 13.4. The van der Waals surface area contributed by atoms with E-state index in [1.807, 2.05) is 10.9 Å². The quantitative estimate of drug-likeness (QED) is 0.848. The summed E-state index contributed by atoms with van der Waals surface area (Å²) >= 11 is 0. The predicted molar refractivity (Wildman–Crippen MR) is 78.9 cm³/mol. The minimum atomic E-state index is -0.239. The summed E-state index contributed by atoms with van der Waals surface area (Å²) in [6.45, 7) is 3.59. The highest BCUT2D eigenvalue weighted by atomic mass is 19.1. The van der Waals surface area contributed by atoms with Crippen LogP contribution in [0, 0.1) is 5.82 Å². The Morgan fingerprint density at radius 2 is 2.29 bits per heavy atom. The number of nitrogens with zero attached hydrogens (tertiary/aromatic N) is 2. The molecule has 2 aromatic rings. The second-order valence-electron chi connectivity index (χ2n) is 5.45. The lowest BCUT2D eigenvalue weighted by molar-refractivity contribution is 0.468. The first-order valence-electron chi connectivity index (χ1n) is 7.46. The Bertz CT molecular complexity index is 607. The fourth-order valence-corrected chi connectivity index (χ4v) is 2.20. The monoisotopic (exact) mass is 289 g/mol. The van der Waals surface area contributed by atoms with Crippen LogP contribution in [0.3, 0.4) is 0 Å². The van der Waals surface area contributed by atoms with Gasteiger partial charge in [-0.3, -0.25) is 4.68 Å². The van der Waals surface area contributed by atoms with Gasteiger partial charge in [-0.15, -0.1) is 0 Å². The summed E-state index contributed by atoms with van der Waals surface area (Å²) in [4.78, 5) is 0. The number of halogens is 1. The molecule has 5 heteroatoms. The van der Waals surface area contributed by atoms with Crippen molar-refractivity contribution in [1.82, 2.24) is 15.1 Å². The van der Waals surface area contributed by atoms with E-state index < -0.39 is 0 Å². The molecule has 0 atom stereocenters. The van der Waals surface area contributed by atoms with Crippen LogP contribution in [0.5, 0.6) is 11.5 Å². The van der Waals surface area contributed by atoms with Crippen molar-refractivity contribution in [1.29, 1.82) is 0 Å². The van der Waals surface area contributed by atoms with Crippen LogP contribution in [0.1, 0.15) is 31.7 Å². The van der Waals surface area contributed by atoms with Gasteiger partial charge in [0.25, 0.3) is 0 Å². The van der Waals surface area contributed by atoms with Crippen LogP contribution in [-0.2, 0) is 13.1 Å². The number of nitrogens with one attached hydrogen (secondary N) is 1. The van der Waals surface area contributed by atoms with Crippen LogP contribution < -0.4 is 10.1 Å². The molecule has 3 rings (SSSR count). The van der Waals surface area contributed by atoms with Crippen molar-refractivity contribution in [3.8, 4) is 11.5 Å². The molecule has 0 amide bonds. The molecule has 0 aliphatic heterocycles. The van der Waals surface area contributed by atoms with Crippen molar-refractivity contribution >= 4 is 0 Å². The van der Waals surface area contributed by atoms with Gasteiger partial charge in [-0.2, -0.15) is 5.10 Å². The van der Waals surface area contributed by atoms with E-state index >= 15 is 0 Å². The maximum Gasteiger partial charge on any atom is 0.165 e. The van der Waals surface area contributed by atoms with Gasteiger partial charge in [0.05, 0.1) is 12.4 Å². The SMILES string of the molecule is CCCn1cc(Oc2ccc(F)cc2CNC2CC2)cn1. The molecule has 0 radical (unpaired) electrons. The van der Waals surface area contributed by atoms with E-state index in [9.17, 15) is 4.39 Å². The topological polar surface area (TPSA) is 39.1 Å². The molecular formula is C16H20FN3O. The Balaban J connectivity index is 1.72. The lowest BCUT2D eigenvalue weighted by Gasteiger charge is -2.10. The van der Waals surface area contributed by atoms with Crippen LogP contribution in [0.2, 0.25) is 0 Å². The zero-order valence-electron chi connectivity index (χ0n) is 12.2. The molecule has 0 saturated heterocycles. The minimum absolute atomic E-state index is 0.239. The zero-order valence-corrected chi connectivity index (χ0v) is 12.2. The highest BCUT2D eigenvalue weighted by Gasteiger charge is 2.21. The summed E-state index contributed by atoms with van der Waals surface area (Å²) in [5.41, 5.74) is 0.838. The molecule has 1 aliphatic rings. The number of rotatable bonds is 7. The molecular weight excluding hydrogens is 269 g/mol. The van der Waals surface area contributed by atoms with Gasteiger partial charge in [-0.05, 0) is 37.5 Å². The van der Waals surface area contributed by atoms with E-state index in [-0.39, 0.29) is 5.82 Å². The van der Waals surface area contributed by atoms with E-state index in [0.29, 0.717) is 24.1 Å². The smallest absolute Gasteiger partial charge is 0.165 e. The first-order valence-corrected chi connectivity index (χ1v) is 7.46. The molecule has 1 aromatic heterocycles. The lowest BCUT2D eigenvalue weighted by Crippen LogP contribution is -2.15. The van der Waals surface area contributed by atoms with E-state index in [4.69, 9.17) is 4.74 Å². The minimum Gasteiger partial charge on any atom is -0.454 e. The van der Waals surface area contributed by atoms with E-state index in [0.717, 1.165) is 18.5 Å². The van der Waals surface area contributed by atoms with Gasteiger partial charge in [0.15, 0.2) is 5.75 Å². The zero-order chi connectivity index (χ0) is 14.7. The number of hydrogen-bond acceptors (Lipinski definition) is 3. The normalized spacial score (nSPS) is 14.4. The average Bonchev–Trinajstić information content (AvgIpc) is 3.20. The highest BCUT2D eigenvalue weighted by Crippen LogP contribution is 2.27. The van der Waals surface area contributed by atoms with Crippen molar-refractivity contribution in [2.75, 3.05) is 0 Å². The van der Waals surface area contributed by atoms with Crippen LogP contribution in [0.25, 0.3) is 0 Å². The molecule has 1 N–H and O–H groups in total. The Hall–Kier alpha value is -1.88. The highest BCUT2D eigenvalue weighted by molar-refractivity contribution is 5.37. The lowest BCUT2D eigenvalue weighted by atomic mass is 10.2. The third-order valence-corrected chi connectivity index (χ3v) is 3.47. The molecule has 112 valence electrons. The molecule has 1 aromatic carbocycles. The standard InChI is InChI=1S/C16H20FN3O/c1-2-7-20-11-15(10-19-20)21-16-6-3-13(17)8-12(16)9-18-14-4-5-14/h3,6,8,10-11,14,18H,2,4-5,7,9H2,1H3. The summed E-state index contributed by atoms with van der Waals surface area (Å²) in [5, 5.41) is 7.62. The average molecular weight is 289 g/mol. The number of aryl methyl sites for hydroxylation is 1. The second kappa shape index (κ2) is 6.26. The first kappa shape index (κ1) is 14.1. The van der Waals surface area contributed by atoms with Crippen LogP contribution in [-0.4, -0.2) is 15.8 Å². The molecule has 1 saturated carbocycles. The second-order valence-corrected chi connectivity index (χ2v) is 5.45. The van der Waals surface area contributed by atoms with Gasteiger partial charge >= 0.3 is 0 Å². The van der Waals surface area contributed by atoms with Crippen molar-refractivity contribution in [2.24, 2.45) is 0 Å². The Morgan fingerprint density at radius 3 is 3.05 bits per heavy atom. The van der Waals surface area contributed by atoms with Gasteiger partial charge in [0.1, 0.15) is 11.6 Å². The van der Waals surface area contributed by atoms with E-state index in [1.165, 1.54) is 25.0 Å². The van der Waals surface area contributed by atoms with Gasteiger partial charge in [-0.25, -0.2) is 4.39 Å². The van der Waals surface area contributed by atoms with Crippen molar-refractivity contribution in [2.45, 2.75) is 45.3 Å². The number of aromatic nitrogens is 2. The molecule has 1 fully saturated rings. The molecule has 21 heavy (non-hydrogen) atoms. The molecule has 0 spiro atoms. The van der Waals surface area contributed by atoms with Crippen LogP contribution in [0.4, 0.5) is 4.39 Å². The summed E-state index contributed by atoms with van der Waals surface area (Å²) < 4.78 is 21.1. The Labute approximate surface area is 123 Å². The summed E-state index contributed by atoms with van der Waals surface area (Å²) in [6, 6.07) is 5.21. The van der Waals surface area contributed by atoms with Crippen molar-refractivity contribution in [3.63, 3.8) is 0 Å². The molecule has 0 bridgehead atoms. The van der Waals surface area contributed by atoms with E-state index in [1.54, 1.807) is 12.3 Å². The van der Waals surface area contributed by atoms with Crippen molar-refractivity contribution in [3.05, 3.63) is 42.0 Å². The van der Waals surface area contributed by atoms with Gasteiger partial charge < -0.3 is 10.1 Å². The first-order chi connectivity index (χ1) is 10.2. The summed E-state index contributed by atoms with van der Waals surface area (Å²) in [5.74, 6) is 1.12. The molecule has 4 nitrogen and oxygen atoms in total. The van der Waals surface area contributed by atoms with E-state index in [2.05, 4.69) is 17.3 Å².